The second-order valence-electron chi connectivity index (χ2n) is 4.47. The summed E-state index contributed by atoms with van der Waals surface area (Å²) in [5.74, 6) is 0.379. The summed E-state index contributed by atoms with van der Waals surface area (Å²) in [4.78, 5) is 10.6. The Labute approximate surface area is 131 Å². The number of carbonyl (C=O) groups is 1. The predicted molar refractivity (Wildman–Crippen MR) is 76.5 cm³/mol. The molecule has 0 saturated carbocycles. The van der Waals surface area contributed by atoms with Crippen LogP contribution in [0, 0.1) is 0 Å². The standard InChI is InChI=1S/C12H16O2.C5H5.Fe/c1-10(13)6-2-5-9-12(14)11-7-3-4-8-11;1-2-4-5-3-1;/h3-4,7-8,14H,2,5-6,9H2,1H3;1-5H;/q;-1;+2/p-1. The van der Waals surface area contributed by atoms with E-state index in [1.165, 1.54) is 0 Å². The molecule has 0 aliphatic heterocycles. The SMILES string of the molecule is CC(=O)CCCCC([O-])=C1C=CC=C1.[Fe+2].c1cc[cH-]c1. The van der Waals surface area contributed by atoms with Crippen LogP contribution in [-0.4, -0.2) is 5.78 Å². The van der Waals surface area contributed by atoms with Gasteiger partial charge in [0.2, 0.25) is 0 Å². The van der Waals surface area contributed by atoms with E-state index in [0.717, 1.165) is 18.4 Å². The van der Waals surface area contributed by atoms with Crippen molar-refractivity contribution in [3.8, 4) is 0 Å². The van der Waals surface area contributed by atoms with Gasteiger partial charge in [-0.1, -0.05) is 24.3 Å². The molecule has 1 aliphatic rings. The number of unbranched alkanes of at least 4 members (excludes halogenated alkanes) is 1. The first-order chi connectivity index (χ1) is 9.20. The van der Waals surface area contributed by atoms with Gasteiger partial charge in [-0.2, -0.15) is 18.2 Å². The third-order valence-corrected chi connectivity index (χ3v) is 2.72. The van der Waals surface area contributed by atoms with E-state index >= 15 is 0 Å². The minimum atomic E-state index is 0. The molecule has 1 aromatic rings. The first-order valence-electron chi connectivity index (χ1n) is 6.61. The van der Waals surface area contributed by atoms with Crippen LogP contribution in [0.3, 0.4) is 0 Å². The first-order valence-corrected chi connectivity index (χ1v) is 6.61. The normalized spacial score (nSPS) is 11.6. The van der Waals surface area contributed by atoms with Crippen LogP contribution >= 0.6 is 0 Å². The third-order valence-electron chi connectivity index (χ3n) is 2.72. The van der Waals surface area contributed by atoms with Gasteiger partial charge in [0, 0.05) is 6.42 Å². The fourth-order valence-corrected chi connectivity index (χ4v) is 1.68. The summed E-state index contributed by atoms with van der Waals surface area (Å²) in [6.07, 6.45) is 10.2. The second-order valence-corrected chi connectivity index (χ2v) is 4.47. The molecule has 0 atom stereocenters. The zero-order valence-corrected chi connectivity index (χ0v) is 12.8. The van der Waals surface area contributed by atoms with Crippen LogP contribution in [0.25, 0.3) is 0 Å². The summed E-state index contributed by atoms with van der Waals surface area (Å²) in [6, 6.07) is 10.0. The maximum atomic E-state index is 11.5. The number of hydrogen-bond acceptors (Lipinski definition) is 2. The average Bonchev–Trinajstić information content (AvgIpc) is 3.07. The summed E-state index contributed by atoms with van der Waals surface area (Å²) in [5.41, 5.74) is 0.785. The Kier molecular flexibility index (Phi) is 10.6. The van der Waals surface area contributed by atoms with Crippen LogP contribution in [0.1, 0.15) is 32.6 Å². The van der Waals surface area contributed by atoms with E-state index in [1.807, 2.05) is 54.6 Å². The smallest absolute Gasteiger partial charge is 0.875 e. The van der Waals surface area contributed by atoms with Crippen LogP contribution < -0.4 is 5.11 Å². The van der Waals surface area contributed by atoms with Crippen molar-refractivity contribution in [3.05, 3.63) is 66.0 Å². The summed E-state index contributed by atoms with van der Waals surface area (Å²) in [7, 11) is 0. The molecule has 3 heteroatoms. The maximum Gasteiger partial charge on any atom is 2.00 e. The van der Waals surface area contributed by atoms with Crippen LogP contribution in [0.5, 0.6) is 0 Å². The minimum Gasteiger partial charge on any atom is -0.875 e. The van der Waals surface area contributed by atoms with Crippen molar-refractivity contribution in [3.63, 3.8) is 0 Å². The molecular formula is C17H20FeO2. The van der Waals surface area contributed by atoms with Crippen molar-refractivity contribution in [1.29, 1.82) is 0 Å². The average molecular weight is 312 g/mol. The molecule has 0 saturated heterocycles. The topological polar surface area (TPSA) is 40.1 Å². The van der Waals surface area contributed by atoms with Crippen LogP contribution in [-0.2, 0) is 21.9 Å². The molecule has 0 radical (unpaired) electrons. The van der Waals surface area contributed by atoms with Gasteiger partial charge in [0.1, 0.15) is 5.78 Å². The molecule has 0 N–H and O–H groups in total. The van der Waals surface area contributed by atoms with E-state index in [2.05, 4.69) is 0 Å². The Balaban J connectivity index is 0.000000507. The summed E-state index contributed by atoms with van der Waals surface area (Å²) >= 11 is 0. The van der Waals surface area contributed by atoms with Gasteiger partial charge >= 0.3 is 17.1 Å². The largest absolute Gasteiger partial charge is 2.00 e. The Morgan fingerprint density at radius 2 is 1.65 bits per heavy atom. The minimum absolute atomic E-state index is 0. The molecule has 0 aromatic heterocycles. The fourth-order valence-electron chi connectivity index (χ4n) is 1.68. The molecule has 0 spiro atoms. The molecule has 2 rings (SSSR count). The predicted octanol–water partition coefficient (Wildman–Crippen LogP) is 3.28. The van der Waals surface area contributed by atoms with Gasteiger partial charge in [-0.3, -0.25) is 0 Å². The van der Waals surface area contributed by atoms with E-state index in [9.17, 15) is 9.90 Å². The third kappa shape index (κ3) is 8.63. The monoisotopic (exact) mass is 312 g/mol. The Hall–Kier alpha value is -1.44. The molecule has 1 aliphatic carbocycles. The van der Waals surface area contributed by atoms with E-state index < -0.39 is 0 Å². The van der Waals surface area contributed by atoms with E-state index in [1.54, 1.807) is 6.92 Å². The van der Waals surface area contributed by atoms with E-state index in [-0.39, 0.29) is 28.6 Å². The number of Topliss-reactive ketones (excluding diaryl/α,β-unsaturated/α-hetero) is 1. The van der Waals surface area contributed by atoms with Gasteiger partial charge in [-0.15, -0.1) is 5.76 Å². The van der Waals surface area contributed by atoms with E-state index in [4.69, 9.17) is 0 Å². The van der Waals surface area contributed by atoms with Crippen LogP contribution in [0.4, 0.5) is 0 Å². The maximum absolute atomic E-state index is 11.5. The molecule has 1 aromatic carbocycles. The van der Waals surface area contributed by atoms with Crippen molar-refractivity contribution < 1.29 is 27.0 Å². The zero-order chi connectivity index (χ0) is 13.9. The van der Waals surface area contributed by atoms with Crippen molar-refractivity contribution in [2.24, 2.45) is 0 Å². The zero-order valence-electron chi connectivity index (χ0n) is 11.7. The van der Waals surface area contributed by atoms with Gasteiger partial charge < -0.3 is 9.90 Å². The van der Waals surface area contributed by atoms with Gasteiger partial charge in [0.25, 0.3) is 0 Å². The summed E-state index contributed by atoms with van der Waals surface area (Å²) in [6.45, 7) is 1.58. The molecule has 2 nitrogen and oxygen atoms in total. The van der Waals surface area contributed by atoms with Crippen molar-refractivity contribution in [2.45, 2.75) is 32.6 Å². The number of allylic oxidation sites excluding steroid dienone is 6. The van der Waals surface area contributed by atoms with Crippen molar-refractivity contribution in [2.75, 3.05) is 0 Å². The number of ketones is 1. The number of carbonyl (C=O) groups excluding carboxylic acids is 1. The fraction of sp³-hybridized carbons (Fsp3) is 0.294. The molecule has 0 heterocycles. The van der Waals surface area contributed by atoms with Crippen LogP contribution in [0.15, 0.2) is 66.0 Å². The molecule has 20 heavy (non-hydrogen) atoms. The molecular weight excluding hydrogens is 292 g/mol. The Morgan fingerprint density at radius 3 is 2.10 bits per heavy atom. The molecule has 108 valence electrons. The first kappa shape index (κ1) is 18.6. The molecule has 0 bridgehead atoms. The van der Waals surface area contributed by atoms with Gasteiger partial charge in [0.05, 0.1) is 0 Å². The van der Waals surface area contributed by atoms with Crippen molar-refractivity contribution in [1.82, 2.24) is 0 Å². The molecule has 0 amide bonds. The van der Waals surface area contributed by atoms with Gasteiger partial charge in [-0.25, -0.2) is 12.1 Å². The Bertz CT molecular complexity index is 422. The van der Waals surface area contributed by atoms with Crippen LogP contribution in [0.2, 0.25) is 0 Å². The number of rotatable bonds is 5. The summed E-state index contributed by atoms with van der Waals surface area (Å²) < 4.78 is 0. The molecule has 0 unspecified atom stereocenters. The second kappa shape index (κ2) is 11.4. The van der Waals surface area contributed by atoms with Crippen molar-refractivity contribution >= 4 is 5.78 Å². The van der Waals surface area contributed by atoms with Gasteiger partial charge in [-0.05, 0) is 31.8 Å². The Morgan fingerprint density at radius 1 is 1.10 bits per heavy atom. The molecule has 0 fully saturated rings. The summed E-state index contributed by atoms with van der Waals surface area (Å²) in [5, 5.41) is 11.5. The number of hydrogen-bond donors (Lipinski definition) is 0. The van der Waals surface area contributed by atoms with E-state index in [0.29, 0.717) is 12.8 Å². The quantitative estimate of drug-likeness (QED) is 0.362. The van der Waals surface area contributed by atoms with Gasteiger partial charge in [0.15, 0.2) is 0 Å².